The summed E-state index contributed by atoms with van der Waals surface area (Å²) in [5, 5.41) is 16.0. The van der Waals surface area contributed by atoms with E-state index >= 15 is 0 Å². The molecule has 0 aliphatic carbocycles. The molecule has 2 rings (SSSR count). The number of nitrogens with one attached hydrogen (secondary N) is 1. The maximum absolute atomic E-state index is 12.6. The lowest BCUT2D eigenvalue weighted by Crippen LogP contribution is -2.45. The minimum Gasteiger partial charge on any atom is -0.394 e. The third-order valence-electron chi connectivity index (χ3n) is 4.39. The van der Waals surface area contributed by atoms with Gasteiger partial charge < -0.3 is 15.3 Å². The van der Waals surface area contributed by atoms with Crippen molar-refractivity contribution in [3.63, 3.8) is 0 Å². The molecular formula is C15H23F3N4O2. The molecule has 1 fully saturated rings. The number of rotatable bonds is 4. The molecule has 1 aromatic rings. The predicted molar refractivity (Wildman–Crippen MR) is 81.5 cm³/mol. The van der Waals surface area contributed by atoms with Gasteiger partial charge in [-0.05, 0) is 33.6 Å². The topological polar surface area (TPSA) is 70.4 Å². The van der Waals surface area contributed by atoms with Crippen molar-refractivity contribution in [1.29, 1.82) is 0 Å². The van der Waals surface area contributed by atoms with Gasteiger partial charge in [0.05, 0.1) is 24.4 Å². The molecule has 0 radical (unpaired) electrons. The Morgan fingerprint density at radius 1 is 1.46 bits per heavy atom. The van der Waals surface area contributed by atoms with Crippen LogP contribution < -0.4 is 5.32 Å². The van der Waals surface area contributed by atoms with Gasteiger partial charge in [-0.25, -0.2) is 4.79 Å². The number of amides is 2. The van der Waals surface area contributed by atoms with Gasteiger partial charge in [0.25, 0.3) is 0 Å². The molecule has 2 N–H and O–H groups in total. The fraction of sp³-hybridized carbons (Fsp3) is 0.733. The van der Waals surface area contributed by atoms with Crippen molar-refractivity contribution in [1.82, 2.24) is 20.0 Å². The molecule has 1 aliphatic heterocycles. The van der Waals surface area contributed by atoms with Crippen LogP contribution in [0.5, 0.6) is 0 Å². The van der Waals surface area contributed by atoms with Gasteiger partial charge in [-0.1, -0.05) is 0 Å². The molecule has 1 unspecified atom stereocenters. The van der Waals surface area contributed by atoms with E-state index in [1.54, 1.807) is 25.7 Å². The minimum absolute atomic E-state index is 0.0939. The first-order valence-corrected chi connectivity index (χ1v) is 7.92. The quantitative estimate of drug-likeness (QED) is 0.877. The van der Waals surface area contributed by atoms with E-state index in [0.29, 0.717) is 23.5 Å². The van der Waals surface area contributed by atoms with Gasteiger partial charge >= 0.3 is 12.2 Å². The Labute approximate surface area is 138 Å². The van der Waals surface area contributed by atoms with Crippen molar-refractivity contribution < 1.29 is 23.1 Å². The number of aliphatic hydroxyl groups is 1. The third-order valence-corrected chi connectivity index (χ3v) is 4.39. The largest absolute Gasteiger partial charge is 0.408 e. The maximum atomic E-state index is 12.6. The van der Waals surface area contributed by atoms with Crippen molar-refractivity contribution in [3.05, 3.63) is 17.0 Å². The highest BCUT2D eigenvalue weighted by Gasteiger charge is 2.32. The average molecular weight is 348 g/mol. The number of likely N-dealkylation sites (tertiary alicyclic amines) is 1. The van der Waals surface area contributed by atoms with E-state index in [1.165, 1.54) is 0 Å². The normalized spacial score (nSPS) is 19.6. The number of carbonyl (C=O) groups is 1. The van der Waals surface area contributed by atoms with Crippen LogP contribution >= 0.6 is 0 Å². The monoisotopic (exact) mass is 348 g/mol. The van der Waals surface area contributed by atoms with E-state index < -0.39 is 18.8 Å². The molecule has 1 saturated heterocycles. The van der Waals surface area contributed by atoms with Crippen LogP contribution in [0.2, 0.25) is 0 Å². The first-order valence-electron chi connectivity index (χ1n) is 7.92. The van der Waals surface area contributed by atoms with Gasteiger partial charge in [-0.15, -0.1) is 0 Å². The summed E-state index contributed by atoms with van der Waals surface area (Å²) in [7, 11) is 0. The van der Waals surface area contributed by atoms with E-state index in [2.05, 4.69) is 10.4 Å². The second-order valence-corrected chi connectivity index (χ2v) is 6.20. The number of aromatic nitrogens is 2. The van der Waals surface area contributed by atoms with Crippen molar-refractivity contribution in [2.75, 3.05) is 13.2 Å². The molecule has 1 aliphatic rings. The number of urea groups is 1. The molecule has 2 heterocycles. The lowest BCUT2D eigenvalue weighted by Gasteiger charge is -2.25. The first-order chi connectivity index (χ1) is 11.1. The summed E-state index contributed by atoms with van der Waals surface area (Å²) in [6.07, 6.45) is -2.77. The third kappa shape index (κ3) is 4.00. The zero-order chi connectivity index (χ0) is 18.1. The van der Waals surface area contributed by atoms with Gasteiger partial charge in [0, 0.05) is 17.8 Å². The van der Waals surface area contributed by atoms with E-state index in [0.717, 1.165) is 17.5 Å². The highest BCUT2D eigenvalue weighted by Crippen LogP contribution is 2.25. The zero-order valence-electron chi connectivity index (χ0n) is 14.0. The van der Waals surface area contributed by atoms with Crippen LogP contribution in [0.3, 0.4) is 0 Å². The number of hydrogen-bond acceptors (Lipinski definition) is 3. The first kappa shape index (κ1) is 18.6. The highest BCUT2D eigenvalue weighted by atomic mass is 19.4. The van der Waals surface area contributed by atoms with Crippen molar-refractivity contribution >= 4 is 6.03 Å². The van der Waals surface area contributed by atoms with Crippen LogP contribution in [0.1, 0.15) is 42.8 Å². The summed E-state index contributed by atoms with van der Waals surface area (Å²) < 4.78 is 38.7. The van der Waals surface area contributed by atoms with Crippen molar-refractivity contribution in [2.24, 2.45) is 0 Å². The molecule has 2 amide bonds. The molecular weight excluding hydrogens is 325 g/mol. The van der Waals surface area contributed by atoms with Crippen LogP contribution in [-0.2, 0) is 6.54 Å². The van der Waals surface area contributed by atoms with Crippen LogP contribution in [0.4, 0.5) is 18.0 Å². The second kappa shape index (κ2) is 7.00. The van der Waals surface area contributed by atoms with E-state index in [4.69, 9.17) is 0 Å². The Hall–Kier alpha value is -1.77. The molecule has 6 nitrogen and oxygen atoms in total. The molecule has 2 atom stereocenters. The van der Waals surface area contributed by atoms with E-state index in [-0.39, 0.29) is 18.7 Å². The summed E-state index contributed by atoms with van der Waals surface area (Å²) in [5.74, 6) is 0. The maximum Gasteiger partial charge on any atom is 0.408 e. The average Bonchev–Trinajstić information content (AvgIpc) is 3.02. The summed E-state index contributed by atoms with van der Waals surface area (Å²) >= 11 is 0. The van der Waals surface area contributed by atoms with Gasteiger partial charge in [0.2, 0.25) is 0 Å². The van der Waals surface area contributed by atoms with E-state index in [1.807, 2.05) is 0 Å². The number of halogens is 3. The lowest BCUT2D eigenvalue weighted by atomic mass is 10.1. The molecule has 136 valence electrons. The van der Waals surface area contributed by atoms with Crippen LogP contribution in [0, 0.1) is 13.8 Å². The Morgan fingerprint density at radius 3 is 2.71 bits per heavy atom. The molecule has 0 spiro atoms. The standard InChI is InChI=1S/C15H23F3N4O2/c1-9(19-14(24)21-6-4-5-12(21)7-23)13-10(2)20-22(11(13)3)8-15(16,17)18/h9,12,23H,4-8H2,1-3H3,(H,19,24)/t9?,12-/m1/s1. The van der Waals surface area contributed by atoms with Gasteiger partial charge in [0.15, 0.2) is 0 Å². The number of aliphatic hydroxyl groups excluding tert-OH is 1. The van der Waals surface area contributed by atoms with Crippen molar-refractivity contribution in [3.8, 4) is 0 Å². The van der Waals surface area contributed by atoms with Crippen LogP contribution in [0.25, 0.3) is 0 Å². The number of aryl methyl sites for hydroxylation is 1. The SMILES string of the molecule is Cc1nn(CC(F)(F)F)c(C)c1C(C)NC(=O)N1CCC[C@@H]1CO. The molecule has 0 saturated carbocycles. The summed E-state index contributed by atoms with van der Waals surface area (Å²) in [6.45, 7) is 4.23. The number of carbonyl (C=O) groups excluding carboxylic acids is 1. The number of nitrogens with zero attached hydrogens (tertiary/aromatic N) is 3. The van der Waals surface area contributed by atoms with Crippen LogP contribution in [-0.4, -0.2) is 51.2 Å². The molecule has 9 heteroatoms. The number of alkyl halides is 3. The fourth-order valence-corrected chi connectivity index (χ4v) is 3.29. The smallest absolute Gasteiger partial charge is 0.394 e. The second-order valence-electron chi connectivity index (χ2n) is 6.20. The predicted octanol–water partition coefficient (Wildman–Crippen LogP) is 2.29. The Kier molecular flexibility index (Phi) is 5.42. The minimum atomic E-state index is -4.35. The Balaban J connectivity index is 2.12. The number of hydrogen-bond donors (Lipinski definition) is 2. The Morgan fingerprint density at radius 2 is 2.12 bits per heavy atom. The van der Waals surface area contributed by atoms with E-state index in [9.17, 15) is 23.1 Å². The molecule has 1 aromatic heterocycles. The summed E-state index contributed by atoms with van der Waals surface area (Å²) in [5.41, 5.74) is 1.44. The molecule has 0 aromatic carbocycles. The summed E-state index contributed by atoms with van der Waals surface area (Å²) in [4.78, 5) is 13.9. The van der Waals surface area contributed by atoms with Crippen molar-refractivity contribution in [2.45, 2.75) is 58.4 Å². The Bertz CT molecular complexity index is 600. The summed E-state index contributed by atoms with van der Waals surface area (Å²) in [6, 6.07) is -0.992. The molecule has 24 heavy (non-hydrogen) atoms. The fourth-order valence-electron chi connectivity index (χ4n) is 3.29. The van der Waals surface area contributed by atoms with Gasteiger partial charge in [-0.3, -0.25) is 4.68 Å². The van der Waals surface area contributed by atoms with Crippen LogP contribution in [0.15, 0.2) is 0 Å². The highest BCUT2D eigenvalue weighted by molar-refractivity contribution is 5.75. The van der Waals surface area contributed by atoms with Gasteiger partial charge in [-0.2, -0.15) is 18.3 Å². The lowest BCUT2D eigenvalue weighted by molar-refractivity contribution is -0.143. The molecule has 0 bridgehead atoms. The zero-order valence-corrected chi connectivity index (χ0v) is 14.0. The van der Waals surface area contributed by atoms with Gasteiger partial charge in [0.1, 0.15) is 6.54 Å².